The van der Waals surface area contributed by atoms with Gasteiger partial charge >= 0.3 is 0 Å². The van der Waals surface area contributed by atoms with Crippen LogP contribution >= 0.6 is 0 Å². The molecule has 1 fully saturated rings. The molecule has 1 saturated heterocycles. The number of carbonyl (C=O) groups excluding carboxylic acids is 1. The van der Waals surface area contributed by atoms with Crippen LogP contribution in [0, 0.1) is 25.5 Å². The van der Waals surface area contributed by atoms with E-state index < -0.39 is 11.6 Å². The molecule has 2 heterocycles. The van der Waals surface area contributed by atoms with Gasteiger partial charge in [-0.25, -0.2) is 13.5 Å². The molecular formula is C22H22F2N4O. The number of aryl methyl sites for hydroxylation is 1. The van der Waals surface area contributed by atoms with E-state index in [-0.39, 0.29) is 11.5 Å². The van der Waals surface area contributed by atoms with Crippen molar-refractivity contribution in [3.05, 3.63) is 77.1 Å². The van der Waals surface area contributed by atoms with E-state index >= 15 is 0 Å². The van der Waals surface area contributed by atoms with E-state index in [1.165, 1.54) is 6.07 Å². The molecule has 0 atom stereocenters. The van der Waals surface area contributed by atoms with Gasteiger partial charge in [-0.05, 0) is 44.2 Å². The van der Waals surface area contributed by atoms with Gasteiger partial charge in [0, 0.05) is 31.7 Å². The van der Waals surface area contributed by atoms with Crippen LogP contribution in [0.5, 0.6) is 0 Å². The topological polar surface area (TPSA) is 41.4 Å². The Morgan fingerprint density at radius 3 is 2.28 bits per heavy atom. The first kappa shape index (κ1) is 19.1. The van der Waals surface area contributed by atoms with Gasteiger partial charge in [0.15, 0.2) is 11.6 Å². The van der Waals surface area contributed by atoms with Gasteiger partial charge in [-0.15, -0.1) is 0 Å². The highest BCUT2D eigenvalue weighted by Gasteiger charge is 2.26. The lowest BCUT2D eigenvalue weighted by molar-refractivity contribution is 0.0746. The molecule has 1 aliphatic heterocycles. The van der Waals surface area contributed by atoms with Crippen LogP contribution in [0.1, 0.15) is 21.7 Å². The lowest BCUT2D eigenvalue weighted by atomic mass is 10.1. The summed E-state index contributed by atoms with van der Waals surface area (Å²) in [7, 11) is 0. The predicted octanol–water partition coefficient (Wildman–Crippen LogP) is 3.73. The second-order valence-corrected chi connectivity index (χ2v) is 7.17. The fourth-order valence-electron chi connectivity index (χ4n) is 3.86. The zero-order valence-electron chi connectivity index (χ0n) is 16.4. The van der Waals surface area contributed by atoms with Crippen molar-refractivity contribution in [2.24, 2.45) is 0 Å². The molecule has 7 heteroatoms. The molecule has 3 aromatic rings. The summed E-state index contributed by atoms with van der Waals surface area (Å²) in [5.41, 5.74) is 4.24. The van der Waals surface area contributed by atoms with Crippen molar-refractivity contribution < 1.29 is 13.6 Å². The number of hydrogen-bond donors (Lipinski definition) is 0. The second-order valence-electron chi connectivity index (χ2n) is 7.17. The van der Waals surface area contributed by atoms with E-state index in [4.69, 9.17) is 5.10 Å². The lowest BCUT2D eigenvalue weighted by Crippen LogP contribution is -2.49. The van der Waals surface area contributed by atoms with Crippen molar-refractivity contribution in [2.45, 2.75) is 13.8 Å². The summed E-state index contributed by atoms with van der Waals surface area (Å²) in [4.78, 5) is 16.5. The Bertz CT molecular complexity index is 1040. The molecule has 29 heavy (non-hydrogen) atoms. The number of rotatable bonds is 3. The molecule has 1 aliphatic rings. The number of carbonyl (C=O) groups is 1. The lowest BCUT2D eigenvalue weighted by Gasteiger charge is -2.36. The first-order valence-electron chi connectivity index (χ1n) is 9.56. The molecule has 4 rings (SSSR count). The van der Waals surface area contributed by atoms with Crippen molar-refractivity contribution in [1.82, 2.24) is 14.7 Å². The molecule has 0 saturated carbocycles. The first-order valence-corrected chi connectivity index (χ1v) is 9.56. The average Bonchev–Trinajstić information content (AvgIpc) is 3.04. The smallest absolute Gasteiger partial charge is 0.254 e. The maximum atomic E-state index is 13.5. The largest absolute Gasteiger partial charge is 0.365 e. The third-order valence-corrected chi connectivity index (χ3v) is 5.30. The van der Waals surface area contributed by atoms with Gasteiger partial charge in [0.25, 0.3) is 5.91 Å². The van der Waals surface area contributed by atoms with Crippen molar-refractivity contribution in [2.75, 3.05) is 31.1 Å². The fourth-order valence-corrected chi connectivity index (χ4v) is 3.86. The van der Waals surface area contributed by atoms with Crippen LogP contribution in [0.3, 0.4) is 0 Å². The summed E-state index contributed by atoms with van der Waals surface area (Å²) in [6, 6.07) is 13.2. The van der Waals surface area contributed by atoms with Crippen LogP contribution in [-0.4, -0.2) is 46.8 Å². The highest BCUT2D eigenvalue weighted by Crippen LogP contribution is 2.28. The number of benzene rings is 2. The van der Waals surface area contributed by atoms with E-state index in [0.29, 0.717) is 26.2 Å². The number of anilines is 1. The Labute approximate surface area is 168 Å². The van der Waals surface area contributed by atoms with Gasteiger partial charge in [-0.3, -0.25) is 4.79 Å². The number of piperazine rings is 1. The van der Waals surface area contributed by atoms with Crippen molar-refractivity contribution in [1.29, 1.82) is 0 Å². The van der Waals surface area contributed by atoms with Gasteiger partial charge in [-0.1, -0.05) is 18.2 Å². The number of halogens is 2. The molecule has 1 aromatic heterocycles. The van der Waals surface area contributed by atoms with Crippen molar-refractivity contribution in [3.63, 3.8) is 0 Å². The third kappa shape index (κ3) is 3.60. The normalized spacial score (nSPS) is 14.3. The van der Waals surface area contributed by atoms with Crippen LogP contribution < -0.4 is 4.90 Å². The Kier molecular flexibility index (Phi) is 5.05. The molecule has 5 nitrogen and oxygen atoms in total. The molecular weight excluding hydrogens is 374 g/mol. The molecule has 0 aliphatic carbocycles. The second kappa shape index (κ2) is 7.66. The molecule has 2 aromatic carbocycles. The summed E-state index contributed by atoms with van der Waals surface area (Å²) < 4.78 is 28.5. The molecule has 0 unspecified atom stereocenters. The zero-order chi connectivity index (χ0) is 20.5. The summed E-state index contributed by atoms with van der Waals surface area (Å²) in [6.45, 7) is 6.34. The fraction of sp³-hybridized carbons (Fsp3) is 0.273. The number of nitrogens with zero attached hydrogens (tertiary/aromatic N) is 4. The van der Waals surface area contributed by atoms with E-state index in [0.717, 1.165) is 34.9 Å². The third-order valence-electron chi connectivity index (χ3n) is 5.30. The van der Waals surface area contributed by atoms with Gasteiger partial charge in [0.2, 0.25) is 0 Å². The predicted molar refractivity (Wildman–Crippen MR) is 108 cm³/mol. The quantitative estimate of drug-likeness (QED) is 0.678. The molecule has 0 bridgehead atoms. The van der Waals surface area contributed by atoms with E-state index in [1.807, 2.05) is 48.9 Å². The summed E-state index contributed by atoms with van der Waals surface area (Å²) >= 11 is 0. The van der Waals surface area contributed by atoms with Crippen LogP contribution in [0.2, 0.25) is 0 Å². The highest BCUT2D eigenvalue weighted by atomic mass is 19.2. The van der Waals surface area contributed by atoms with Gasteiger partial charge in [0.05, 0.1) is 22.8 Å². The van der Waals surface area contributed by atoms with Crippen LogP contribution in [0.25, 0.3) is 5.69 Å². The summed E-state index contributed by atoms with van der Waals surface area (Å²) in [5.74, 6) is -2.24. The van der Waals surface area contributed by atoms with Crippen molar-refractivity contribution >= 4 is 11.6 Å². The summed E-state index contributed by atoms with van der Waals surface area (Å²) in [6.07, 6.45) is 0. The van der Waals surface area contributed by atoms with Gasteiger partial charge < -0.3 is 9.80 Å². The number of para-hydroxylation sites is 1. The molecule has 0 radical (unpaired) electrons. The number of aromatic nitrogens is 2. The van der Waals surface area contributed by atoms with Crippen LogP contribution in [-0.2, 0) is 0 Å². The standard InChI is InChI=1S/C22H22F2N4O/c1-15-21(16(2)28(25-15)18-6-4-3-5-7-18)26-10-12-27(13-11-26)22(29)17-8-9-19(23)20(24)14-17/h3-9,14H,10-13H2,1-2H3. The Balaban J connectivity index is 1.49. The average molecular weight is 396 g/mol. The Hall–Kier alpha value is -3.22. The monoisotopic (exact) mass is 396 g/mol. The van der Waals surface area contributed by atoms with Crippen LogP contribution in [0.15, 0.2) is 48.5 Å². The number of amides is 1. The maximum absolute atomic E-state index is 13.5. The minimum absolute atomic E-state index is 0.168. The zero-order valence-corrected chi connectivity index (χ0v) is 16.4. The van der Waals surface area contributed by atoms with Gasteiger partial charge in [0.1, 0.15) is 0 Å². The minimum Gasteiger partial charge on any atom is -0.365 e. The first-order chi connectivity index (χ1) is 14.0. The maximum Gasteiger partial charge on any atom is 0.254 e. The molecule has 1 amide bonds. The van der Waals surface area contributed by atoms with E-state index in [2.05, 4.69) is 4.90 Å². The SMILES string of the molecule is Cc1nn(-c2ccccc2)c(C)c1N1CCN(C(=O)c2ccc(F)c(F)c2)CC1. The van der Waals surface area contributed by atoms with E-state index in [9.17, 15) is 13.6 Å². The van der Waals surface area contributed by atoms with E-state index in [1.54, 1.807) is 4.90 Å². The molecule has 0 spiro atoms. The van der Waals surface area contributed by atoms with Gasteiger partial charge in [-0.2, -0.15) is 5.10 Å². The Morgan fingerprint density at radius 2 is 1.62 bits per heavy atom. The minimum atomic E-state index is -1.01. The highest BCUT2D eigenvalue weighted by molar-refractivity contribution is 5.94. The number of hydrogen-bond acceptors (Lipinski definition) is 3. The van der Waals surface area contributed by atoms with Crippen LogP contribution in [0.4, 0.5) is 14.5 Å². The summed E-state index contributed by atoms with van der Waals surface area (Å²) in [5, 5.41) is 4.69. The van der Waals surface area contributed by atoms with Crippen molar-refractivity contribution in [3.8, 4) is 5.69 Å². The molecule has 150 valence electrons. The molecule has 0 N–H and O–H groups in total. The Morgan fingerprint density at radius 1 is 0.931 bits per heavy atom.